The van der Waals surface area contributed by atoms with Crippen LogP contribution in [-0.4, -0.2) is 34.8 Å². The van der Waals surface area contributed by atoms with Crippen LogP contribution in [0, 0.1) is 0 Å². The van der Waals surface area contributed by atoms with Gasteiger partial charge in [-0.2, -0.15) is 11.8 Å². The first-order valence-corrected chi connectivity index (χ1v) is 7.05. The van der Waals surface area contributed by atoms with E-state index in [1.54, 1.807) is 0 Å². The molecule has 88 valence electrons. The summed E-state index contributed by atoms with van der Waals surface area (Å²) in [7, 11) is 0. The zero-order valence-electron chi connectivity index (χ0n) is 9.78. The van der Waals surface area contributed by atoms with Crippen molar-refractivity contribution >= 4 is 11.8 Å². The highest BCUT2D eigenvalue weighted by molar-refractivity contribution is 8.00. The van der Waals surface area contributed by atoms with Gasteiger partial charge in [-0.15, -0.1) is 0 Å². The third kappa shape index (κ3) is 4.17. The van der Waals surface area contributed by atoms with Crippen molar-refractivity contribution < 1.29 is 5.11 Å². The first-order valence-electron chi connectivity index (χ1n) is 6.01. The predicted molar refractivity (Wildman–Crippen MR) is 68.4 cm³/mol. The predicted octanol–water partition coefficient (Wildman–Crippen LogP) is 2.19. The van der Waals surface area contributed by atoms with Crippen molar-refractivity contribution in [1.82, 2.24) is 5.32 Å². The molecule has 0 bridgehead atoms. The second kappa shape index (κ2) is 7.31. The summed E-state index contributed by atoms with van der Waals surface area (Å²) in [6.07, 6.45) is 7.37. The normalized spacial score (nSPS) is 29.9. The van der Waals surface area contributed by atoms with E-state index >= 15 is 0 Å². The Hall–Kier alpha value is 0.01000. The molecule has 1 rings (SSSR count). The van der Waals surface area contributed by atoms with E-state index in [4.69, 9.17) is 0 Å². The fourth-order valence-corrected chi connectivity index (χ4v) is 2.93. The van der Waals surface area contributed by atoms with Crippen LogP contribution in [0.2, 0.25) is 0 Å². The molecule has 2 N–H and O–H groups in total. The summed E-state index contributed by atoms with van der Waals surface area (Å²) < 4.78 is 0. The molecule has 0 aromatic rings. The number of unbranched alkanes of at least 4 members (excludes halogenated alkanes) is 1. The molecular formula is C12H23NOS. The van der Waals surface area contributed by atoms with Gasteiger partial charge >= 0.3 is 0 Å². The summed E-state index contributed by atoms with van der Waals surface area (Å²) in [5, 5.41) is 13.7. The standard InChI is InChI=1S/C12H23NOS/c1-3-5-8-13-12-10(14)6-7-11(12)15-9-4-2/h6-7,10-14H,3-5,8-9H2,1-2H3/t10-,11+,12+/m0/s1. The summed E-state index contributed by atoms with van der Waals surface area (Å²) >= 11 is 1.94. The molecule has 0 aliphatic heterocycles. The Morgan fingerprint density at radius 2 is 2.07 bits per heavy atom. The van der Waals surface area contributed by atoms with Gasteiger partial charge in [-0.1, -0.05) is 32.4 Å². The van der Waals surface area contributed by atoms with Crippen LogP contribution < -0.4 is 5.32 Å². The van der Waals surface area contributed by atoms with Gasteiger partial charge in [0.2, 0.25) is 0 Å². The second-order valence-corrected chi connectivity index (χ2v) is 5.33. The molecule has 0 fully saturated rings. The summed E-state index contributed by atoms with van der Waals surface area (Å²) in [5.74, 6) is 1.17. The van der Waals surface area contributed by atoms with Crippen LogP contribution in [0.25, 0.3) is 0 Å². The van der Waals surface area contributed by atoms with Crippen molar-refractivity contribution in [3.05, 3.63) is 12.2 Å². The van der Waals surface area contributed by atoms with Gasteiger partial charge in [0.15, 0.2) is 0 Å². The van der Waals surface area contributed by atoms with Gasteiger partial charge in [0.1, 0.15) is 0 Å². The van der Waals surface area contributed by atoms with Gasteiger partial charge in [0.05, 0.1) is 12.1 Å². The zero-order chi connectivity index (χ0) is 11.1. The lowest BCUT2D eigenvalue weighted by atomic mass is 10.2. The van der Waals surface area contributed by atoms with E-state index in [2.05, 4.69) is 25.2 Å². The van der Waals surface area contributed by atoms with Crippen LogP contribution in [0.4, 0.5) is 0 Å². The Morgan fingerprint density at radius 1 is 1.27 bits per heavy atom. The quantitative estimate of drug-likeness (QED) is 0.518. The molecule has 2 nitrogen and oxygen atoms in total. The van der Waals surface area contributed by atoms with Crippen LogP contribution in [0.1, 0.15) is 33.1 Å². The summed E-state index contributed by atoms with van der Waals surface area (Å²) in [5.41, 5.74) is 0. The van der Waals surface area contributed by atoms with Crippen LogP contribution in [0.3, 0.4) is 0 Å². The summed E-state index contributed by atoms with van der Waals surface area (Å²) in [6, 6.07) is 0.230. The Bertz CT molecular complexity index is 196. The van der Waals surface area contributed by atoms with E-state index in [-0.39, 0.29) is 12.1 Å². The SMILES string of the molecule is CCCCN[C@@H]1[C@@H](O)C=C[C@H]1SCCC. The lowest BCUT2D eigenvalue weighted by molar-refractivity contribution is 0.184. The monoisotopic (exact) mass is 229 g/mol. The number of hydrogen-bond donors (Lipinski definition) is 2. The fourth-order valence-electron chi connectivity index (χ4n) is 1.75. The molecule has 3 heteroatoms. The lowest BCUT2D eigenvalue weighted by Gasteiger charge is -2.23. The molecule has 0 aromatic carbocycles. The third-order valence-electron chi connectivity index (χ3n) is 2.64. The first kappa shape index (κ1) is 13.1. The van der Waals surface area contributed by atoms with Gasteiger partial charge in [-0.25, -0.2) is 0 Å². The van der Waals surface area contributed by atoms with E-state index in [9.17, 15) is 5.11 Å². The number of hydrogen-bond acceptors (Lipinski definition) is 3. The highest BCUT2D eigenvalue weighted by Crippen LogP contribution is 2.25. The van der Waals surface area contributed by atoms with Gasteiger partial charge in [0.25, 0.3) is 0 Å². The fraction of sp³-hybridized carbons (Fsp3) is 0.833. The van der Waals surface area contributed by atoms with Gasteiger partial charge < -0.3 is 10.4 Å². The largest absolute Gasteiger partial charge is 0.387 e. The molecule has 0 amide bonds. The highest BCUT2D eigenvalue weighted by atomic mass is 32.2. The van der Waals surface area contributed by atoms with Gasteiger partial charge in [0, 0.05) is 5.25 Å². The van der Waals surface area contributed by atoms with Crippen molar-refractivity contribution in [1.29, 1.82) is 0 Å². The Labute approximate surface area is 97.5 Å². The van der Waals surface area contributed by atoms with Crippen molar-refractivity contribution in [3.63, 3.8) is 0 Å². The van der Waals surface area contributed by atoms with Crippen LogP contribution >= 0.6 is 11.8 Å². The molecule has 15 heavy (non-hydrogen) atoms. The van der Waals surface area contributed by atoms with Gasteiger partial charge in [-0.3, -0.25) is 0 Å². The Balaban J connectivity index is 2.30. The van der Waals surface area contributed by atoms with Crippen molar-refractivity contribution in [2.24, 2.45) is 0 Å². The van der Waals surface area contributed by atoms with Crippen LogP contribution in [0.15, 0.2) is 12.2 Å². The minimum Gasteiger partial charge on any atom is -0.387 e. The molecule has 0 saturated heterocycles. The average molecular weight is 229 g/mol. The van der Waals surface area contributed by atoms with E-state index < -0.39 is 0 Å². The molecular weight excluding hydrogens is 206 g/mol. The molecule has 0 saturated carbocycles. The maximum Gasteiger partial charge on any atom is 0.0888 e. The Kier molecular flexibility index (Phi) is 6.37. The molecule has 3 atom stereocenters. The molecule has 0 unspecified atom stereocenters. The number of aliphatic hydroxyl groups is 1. The maximum absolute atomic E-state index is 9.80. The zero-order valence-corrected chi connectivity index (χ0v) is 10.6. The third-order valence-corrected chi connectivity index (χ3v) is 4.12. The molecule has 1 aliphatic carbocycles. The van der Waals surface area contributed by atoms with E-state index in [1.165, 1.54) is 25.0 Å². The number of thioether (sulfide) groups is 1. The van der Waals surface area contributed by atoms with Crippen molar-refractivity contribution in [3.8, 4) is 0 Å². The first-order chi connectivity index (χ1) is 7.29. The minimum absolute atomic E-state index is 0.230. The topological polar surface area (TPSA) is 32.3 Å². The number of nitrogens with one attached hydrogen (secondary N) is 1. The molecule has 0 radical (unpaired) electrons. The minimum atomic E-state index is -0.295. The van der Waals surface area contributed by atoms with Crippen LogP contribution in [-0.2, 0) is 0 Å². The van der Waals surface area contributed by atoms with Crippen molar-refractivity contribution in [2.45, 2.75) is 50.5 Å². The summed E-state index contributed by atoms with van der Waals surface area (Å²) in [6.45, 7) is 5.40. The van der Waals surface area contributed by atoms with E-state index in [0.717, 1.165) is 6.54 Å². The highest BCUT2D eigenvalue weighted by Gasteiger charge is 2.29. The maximum atomic E-state index is 9.80. The van der Waals surface area contributed by atoms with Crippen molar-refractivity contribution in [2.75, 3.05) is 12.3 Å². The second-order valence-electron chi connectivity index (χ2n) is 4.04. The molecule has 1 aliphatic rings. The average Bonchev–Trinajstić information content (AvgIpc) is 2.58. The molecule has 0 heterocycles. The number of aliphatic hydroxyl groups excluding tert-OH is 1. The summed E-state index contributed by atoms with van der Waals surface area (Å²) in [4.78, 5) is 0. The van der Waals surface area contributed by atoms with Crippen LogP contribution in [0.5, 0.6) is 0 Å². The molecule has 0 spiro atoms. The number of rotatable bonds is 7. The Morgan fingerprint density at radius 3 is 2.73 bits per heavy atom. The molecule has 0 aromatic heterocycles. The van der Waals surface area contributed by atoms with E-state index in [0.29, 0.717) is 5.25 Å². The lowest BCUT2D eigenvalue weighted by Crippen LogP contribution is -2.43. The smallest absolute Gasteiger partial charge is 0.0888 e. The van der Waals surface area contributed by atoms with E-state index in [1.807, 2.05) is 17.8 Å². The van der Waals surface area contributed by atoms with Gasteiger partial charge in [-0.05, 0) is 25.1 Å².